The van der Waals surface area contributed by atoms with Gasteiger partial charge in [0.1, 0.15) is 0 Å². The molecule has 0 aliphatic rings. The van der Waals surface area contributed by atoms with Gasteiger partial charge in [0, 0.05) is 45.6 Å². The molecule has 0 aliphatic carbocycles. The van der Waals surface area contributed by atoms with E-state index in [0.717, 1.165) is 28.2 Å². The van der Waals surface area contributed by atoms with Crippen LogP contribution in [0.3, 0.4) is 0 Å². The molecule has 2 aromatic heterocycles. The van der Waals surface area contributed by atoms with Crippen molar-refractivity contribution in [2.75, 3.05) is 4.90 Å². The van der Waals surface area contributed by atoms with Crippen LogP contribution in [-0.4, -0.2) is 9.55 Å². The number of anilines is 3. The molecule has 0 atom stereocenters. The number of pyridine rings is 1. The van der Waals surface area contributed by atoms with Crippen LogP contribution in [0.15, 0.2) is 188 Å². The van der Waals surface area contributed by atoms with Gasteiger partial charge in [0.2, 0.25) is 0 Å². The molecule has 0 N–H and O–H groups in total. The first-order valence-corrected chi connectivity index (χ1v) is 18.5. The first kappa shape index (κ1) is 29.4. The fourth-order valence-corrected chi connectivity index (χ4v) is 9.13. The van der Waals surface area contributed by atoms with Gasteiger partial charge in [-0.3, -0.25) is 4.98 Å². The Labute approximate surface area is 311 Å². The zero-order valence-electron chi connectivity index (χ0n) is 29.2. The number of hydrogen-bond donors (Lipinski definition) is 0. The van der Waals surface area contributed by atoms with E-state index in [1.165, 1.54) is 81.4 Å². The highest BCUT2D eigenvalue weighted by molar-refractivity contribution is 6.26. The maximum atomic E-state index is 4.35. The third-order valence-electron chi connectivity index (χ3n) is 11.5. The minimum atomic E-state index is 1.10. The summed E-state index contributed by atoms with van der Waals surface area (Å²) in [6, 6.07) is 64.8. The third kappa shape index (κ3) is 4.21. The molecule has 54 heavy (non-hydrogen) atoms. The zero-order chi connectivity index (χ0) is 35.3. The van der Waals surface area contributed by atoms with E-state index in [9.17, 15) is 0 Å². The number of benzene rings is 10. The number of aromatic nitrogens is 2. The van der Waals surface area contributed by atoms with Gasteiger partial charge in [-0.05, 0) is 120 Å². The molecule has 0 amide bonds. The van der Waals surface area contributed by atoms with E-state index >= 15 is 0 Å². The molecule has 3 nitrogen and oxygen atoms in total. The fraction of sp³-hybridized carbons (Fsp3) is 0. The van der Waals surface area contributed by atoms with Crippen molar-refractivity contribution in [3.63, 3.8) is 0 Å². The van der Waals surface area contributed by atoms with Crippen molar-refractivity contribution in [1.82, 2.24) is 9.55 Å². The third-order valence-corrected chi connectivity index (χ3v) is 11.5. The maximum absolute atomic E-state index is 4.35. The molecule has 3 heteroatoms. The van der Waals surface area contributed by atoms with Gasteiger partial charge in [0.15, 0.2) is 0 Å². The van der Waals surface area contributed by atoms with Crippen LogP contribution in [0, 0.1) is 0 Å². The molecular weight excluding hydrogens is 655 g/mol. The number of hydrogen-bond acceptors (Lipinski definition) is 2. The zero-order valence-corrected chi connectivity index (χ0v) is 29.2. The summed E-state index contributed by atoms with van der Waals surface area (Å²) in [5, 5.41) is 15.2. The lowest BCUT2D eigenvalue weighted by Gasteiger charge is -2.28. The molecule has 250 valence electrons. The molecule has 0 bridgehead atoms. The van der Waals surface area contributed by atoms with Gasteiger partial charge in [-0.15, -0.1) is 0 Å². The lowest BCUT2D eigenvalue weighted by atomic mass is 9.93. The van der Waals surface area contributed by atoms with Crippen molar-refractivity contribution in [1.29, 1.82) is 0 Å². The minimum Gasteiger partial charge on any atom is -0.310 e. The standard InChI is InChI=1S/C51H31N3/c1-2-12-44-33(7-1)8-3-13-45(44)53(41-24-22-32(23-25-41)40-11-6-26-52-31-40)42-27-36-18-20-38-29-43(30-39-21-19-37(28-42)48(36)49(38)39)54-46-14-4-9-34-16-17-35-10-5-15-47(54)51(35)50(34)46/h1-31H. The summed E-state index contributed by atoms with van der Waals surface area (Å²) in [5.74, 6) is 0. The first-order chi connectivity index (χ1) is 26.8. The lowest BCUT2D eigenvalue weighted by Crippen LogP contribution is -2.10. The smallest absolute Gasteiger partial charge is 0.0547 e. The lowest BCUT2D eigenvalue weighted by molar-refractivity contribution is 1.19. The summed E-state index contributed by atoms with van der Waals surface area (Å²) in [5.41, 5.74) is 9.32. The van der Waals surface area contributed by atoms with E-state index in [2.05, 4.69) is 184 Å². The fourth-order valence-electron chi connectivity index (χ4n) is 9.13. The second kappa shape index (κ2) is 11.1. The second-order valence-electron chi connectivity index (χ2n) is 14.4. The highest BCUT2D eigenvalue weighted by Gasteiger charge is 2.20. The molecular formula is C51H31N3. The van der Waals surface area contributed by atoms with Gasteiger partial charge < -0.3 is 9.47 Å². The first-order valence-electron chi connectivity index (χ1n) is 18.5. The summed E-state index contributed by atoms with van der Waals surface area (Å²) >= 11 is 0. The molecule has 12 aromatic rings. The highest BCUT2D eigenvalue weighted by Crippen LogP contribution is 2.45. The number of fused-ring (bicyclic) bond motifs is 1. The Balaban J connectivity index is 1.06. The van der Waals surface area contributed by atoms with Crippen molar-refractivity contribution >= 4 is 92.7 Å². The van der Waals surface area contributed by atoms with Crippen molar-refractivity contribution in [2.45, 2.75) is 0 Å². The van der Waals surface area contributed by atoms with Crippen LogP contribution < -0.4 is 4.90 Å². The molecule has 0 saturated heterocycles. The second-order valence-corrected chi connectivity index (χ2v) is 14.4. The Morgan fingerprint density at radius 3 is 1.61 bits per heavy atom. The molecule has 2 heterocycles. The SMILES string of the molecule is c1cncc(-c2ccc(N(c3cc4ccc5cc(-n6c7cccc8ccc9cccc6c9c87)cc6ccc(c3)c4c56)c3cccc4ccccc34)cc2)c1. The largest absolute Gasteiger partial charge is 0.310 e. The molecule has 12 rings (SSSR count). The average molecular weight is 686 g/mol. The van der Waals surface area contributed by atoms with Crippen LogP contribution in [0.4, 0.5) is 17.1 Å². The van der Waals surface area contributed by atoms with Crippen molar-refractivity contribution in [2.24, 2.45) is 0 Å². The predicted molar refractivity (Wildman–Crippen MR) is 229 cm³/mol. The molecule has 0 aliphatic heterocycles. The van der Waals surface area contributed by atoms with E-state index in [1.54, 1.807) is 0 Å². The summed E-state index contributed by atoms with van der Waals surface area (Å²) in [4.78, 5) is 6.76. The van der Waals surface area contributed by atoms with Gasteiger partial charge >= 0.3 is 0 Å². The van der Waals surface area contributed by atoms with E-state index in [0.29, 0.717) is 0 Å². The molecule has 0 unspecified atom stereocenters. The molecule has 10 aromatic carbocycles. The molecule has 0 radical (unpaired) electrons. The Morgan fingerprint density at radius 2 is 0.963 bits per heavy atom. The van der Waals surface area contributed by atoms with Gasteiger partial charge in [0.25, 0.3) is 0 Å². The van der Waals surface area contributed by atoms with E-state index in [1.807, 2.05) is 18.5 Å². The summed E-state index contributed by atoms with van der Waals surface area (Å²) in [6.45, 7) is 0. The van der Waals surface area contributed by atoms with Crippen molar-refractivity contribution in [3.8, 4) is 16.8 Å². The van der Waals surface area contributed by atoms with Crippen molar-refractivity contribution in [3.05, 3.63) is 188 Å². The minimum absolute atomic E-state index is 1.10. The van der Waals surface area contributed by atoms with Crippen LogP contribution in [0.5, 0.6) is 0 Å². The quantitative estimate of drug-likeness (QED) is 0.168. The van der Waals surface area contributed by atoms with Crippen LogP contribution in [-0.2, 0) is 0 Å². The van der Waals surface area contributed by atoms with Crippen LogP contribution in [0.25, 0.3) is 92.5 Å². The van der Waals surface area contributed by atoms with Crippen molar-refractivity contribution < 1.29 is 0 Å². The Hall–Kier alpha value is -7.23. The number of nitrogens with zero attached hydrogens (tertiary/aromatic N) is 3. The van der Waals surface area contributed by atoms with Crippen LogP contribution in [0.2, 0.25) is 0 Å². The summed E-state index contributed by atoms with van der Waals surface area (Å²) < 4.78 is 2.46. The average Bonchev–Trinajstić information content (AvgIpc) is 3.58. The van der Waals surface area contributed by atoms with E-state index < -0.39 is 0 Å². The molecule has 0 fully saturated rings. The summed E-state index contributed by atoms with van der Waals surface area (Å²) in [6.07, 6.45) is 3.74. The Kier molecular flexibility index (Phi) is 6.05. The Morgan fingerprint density at radius 1 is 0.389 bits per heavy atom. The van der Waals surface area contributed by atoms with Gasteiger partial charge in [-0.25, -0.2) is 0 Å². The normalized spacial score (nSPS) is 12.1. The van der Waals surface area contributed by atoms with Crippen LogP contribution in [0.1, 0.15) is 0 Å². The van der Waals surface area contributed by atoms with Gasteiger partial charge in [-0.1, -0.05) is 115 Å². The van der Waals surface area contributed by atoms with Gasteiger partial charge in [0.05, 0.1) is 16.7 Å². The predicted octanol–water partition coefficient (Wildman–Crippen LogP) is 14.0. The van der Waals surface area contributed by atoms with E-state index in [-0.39, 0.29) is 0 Å². The van der Waals surface area contributed by atoms with Crippen LogP contribution >= 0.6 is 0 Å². The summed E-state index contributed by atoms with van der Waals surface area (Å²) in [7, 11) is 0. The molecule has 0 spiro atoms. The Bertz CT molecular complexity index is 3240. The number of rotatable bonds is 5. The molecule has 0 saturated carbocycles. The van der Waals surface area contributed by atoms with E-state index in [4.69, 9.17) is 0 Å². The highest BCUT2D eigenvalue weighted by atomic mass is 15.1. The maximum Gasteiger partial charge on any atom is 0.0547 e. The monoisotopic (exact) mass is 685 g/mol. The van der Waals surface area contributed by atoms with Gasteiger partial charge in [-0.2, -0.15) is 0 Å². The topological polar surface area (TPSA) is 21.1 Å².